The molecular weight excluding hydrogens is 352 g/mol. The predicted molar refractivity (Wildman–Crippen MR) is 96.0 cm³/mol. The summed E-state index contributed by atoms with van der Waals surface area (Å²) in [6.07, 6.45) is 0.263. The molecule has 0 bridgehead atoms. The molecule has 0 spiro atoms. The highest BCUT2D eigenvalue weighted by molar-refractivity contribution is 8.01. The van der Waals surface area contributed by atoms with Crippen LogP contribution in [-0.2, 0) is 16.0 Å². The molecular formula is C17H20N6O2S. The fraction of sp³-hybridized carbons (Fsp3) is 0.471. The van der Waals surface area contributed by atoms with Crippen LogP contribution in [0.3, 0.4) is 0 Å². The number of carbonyl (C=O) groups excluding carboxylic acids is 2. The van der Waals surface area contributed by atoms with E-state index in [4.69, 9.17) is 0 Å². The lowest BCUT2D eigenvalue weighted by atomic mass is 9.95. The topological polar surface area (TPSA) is 104 Å². The second-order valence-electron chi connectivity index (χ2n) is 7.24. The number of nitrogens with zero attached hydrogens (tertiary/aromatic N) is 4. The van der Waals surface area contributed by atoms with E-state index in [0.717, 1.165) is 11.1 Å². The van der Waals surface area contributed by atoms with E-state index in [2.05, 4.69) is 39.8 Å². The molecule has 0 saturated carbocycles. The fourth-order valence-corrected chi connectivity index (χ4v) is 5.20. The molecule has 26 heavy (non-hydrogen) atoms. The van der Waals surface area contributed by atoms with Crippen molar-refractivity contribution in [2.24, 2.45) is 0 Å². The number of amides is 2. The van der Waals surface area contributed by atoms with E-state index in [0.29, 0.717) is 5.82 Å². The molecule has 8 nitrogen and oxygen atoms in total. The minimum absolute atomic E-state index is 0.0971. The molecule has 3 heterocycles. The fourth-order valence-electron chi connectivity index (χ4n) is 3.57. The van der Waals surface area contributed by atoms with Crippen LogP contribution in [0.15, 0.2) is 24.3 Å². The van der Waals surface area contributed by atoms with E-state index < -0.39 is 6.04 Å². The number of H-pyrrole nitrogens is 1. The molecule has 136 valence electrons. The SMILES string of the molecule is Cc1ccc(CC(=O)NC2C(=O)N3C2SC(C)(C)C3c2nn[nH]n2)cc1. The van der Waals surface area contributed by atoms with Crippen LogP contribution in [0.1, 0.15) is 36.8 Å². The summed E-state index contributed by atoms with van der Waals surface area (Å²) in [6, 6.07) is 7.06. The van der Waals surface area contributed by atoms with Crippen molar-refractivity contribution in [3.05, 3.63) is 41.2 Å². The van der Waals surface area contributed by atoms with Gasteiger partial charge in [-0.15, -0.1) is 22.0 Å². The summed E-state index contributed by atoms with van der Waals surface area (Å²) in [7, 11) is 0. The van der Waals surface area contributed by atoms with Crippen LogP contribution < -0.4 is 5.32 Å². The van der Waals surface area contributed by atoms with Crippen molar-refractivity contribution in [1.82, 2.24) is 30.8 Å². The van der Waals surface area contributed by atoms with Crippen molar-refractivity contribution >= 4 is 23.6 Å². The lowest BCUT2D eigenvalue weighted by Crippen LogP contribution is -2.68. The van der Waals surface area contributed by atoms with Gasteiger partial charge in [0, 0.05) is 4.75 Å². The molecule has 9 heteroatoms. The summed E-state index contributed by atoms with van der Waals surface area (Å²) in [6.45, 7) is 6.11. The number of aromatic amines is 1. The number of aryl methyl sites for hydroxylation is 1. The first-order valence-electron chi connectivity index (χ1n) is 8.45. The molecule has 0 aliphatic carbocycles. The first-order chi connectivity index (χ1) is 12.4. The Morgan fingerprint density at radius 3 is 2.73 bits per heavy atom. The van der Waals surface area contributed by atoms with Gasteiger partial charge >= 0.3 is 0 Å². The number of benzene rings is 1. The number of nitrogens with one attached hydrogen (secondary N) is 2. The van der Waals surface area contributed by atoms with Gasteiger partial charge in [-0.05, 0) is 26.3 Å². The van der Waals surface area contributed by atoms with Crippen LogP contribution in [0.4, 0.5) is 0 Å². The summed E-state index contributed by atoms with van der Waals surface area (Å²) in [5.74, 6) is 0.260. The number of hydrogen-bond acceptors (Lipinski definition) is 6. The van der Waals surface area contributed by atoms with Crippen molar-refractivity contribution in [2.75, 3.05) is 0 Å². The zero-order chi connectivity index (χ0) is 18.5. The van der Waals surface area contributed by atoms with E-state index in [1.165, 1.54) is 0 Å². The van der Waals surface area contributed by atoms with Crippen LogP contribution >= 0.6 is 11.8 Å². The first-order valence-corrected chi connectivity index (χ1v) is 9.33. The molecule has 1 aromatic carbocycles. The third-order valence-corrected chi connectivity index (χ3v) is 6.42. The van der Waals surface area contributed by atoms with Gasteiger partial charge in [0.1, 0.15) is 17.5 Å². The van der Waals surface area contributed by atoms with Crippen molar-refractivity contribution in [3.63, 3.8) is 0 Å². The van der Waals surface area contributed by atoms with Gasteiger partial charge < -0.3 is 10.2 Å². The number of β-lactam (4-membered cyclic amide) rings is 1. The molecule has 2 aliphatic rings. The molecule has 2 amide bonds. The van der Waals surface area contributed by atoms with E-state index in [1.807, 2.05) is 31.2 Å². The zero-order valence-electron chi connectivity index (χ0n) is 14.8. The maximum Gasteiger partial charge on any atom is 0.249 e. The number of tetrazole rings is 1. The second kappa shape index (κ2) is 6.08. The van der Waals surface area contributed by atoms with E-state index in [1.54, 1.807) is 16.7 Å². The molecule has 2 fully saturated rings. The van der Waals surface area contributed by atoms with E-state index >= 15 is 0 Å². The highest BCUT2D eigenvalue weighted by Crippen LogP contribution is 2.56. The first kappa shape index (κ1) is 17.0. The van der Waals surface area contributed by atoms with Gasteiger partial charge in [-0.2, -0.15) is 5.21 Å². The zero-order valence-corrected chi connectivity index (χ0v) is 15.6. The largest absolute Gasteiger partial charge is 0.341 e. The number of rotatable bonds is 4. The molecule has 2 aliphatic heterocycles. The number of aromatic nitrogens is 4. The monoisotopic (exact) mass is 372 g/mol. The minimum Gasteiger partial charge on any atom is -0.341 e. The van der Waals surface area contributed by atoms with Gasteiger partial charge in [-0.1, -0.05) is 35.0 Å². The summed E-state index contributed by atoms with van der Waals surface area (Å²) < 4.78 is -0.263. The Labute approximate surface area is 155 Å². The Balaban J connectivity index is 1.45. The van der Waals surface area contributed by atoms with E-state index in [9.17, 15) is 9.59 Å². The Kier molecular flexibility index (Phi) is 3.98. The summed E-state index contributed by atoms with van der Waals surface area (Å²) in [4.78, 5) is 26.8. The quantitative estimate of drug-likeness (QED) is 0.775. The number of fused-ring (bicyclic) bond motifs is 1. The Bertz CT molecular complexity index is 835. The van der Waals surface area contributed by atoms with Gasteiger partial charge in [-0.3, -0.25) is 9.59 Å². The van der Waals surface area contributed by atoms with Crippen LogP contribution in [-0.4, -0.2) is 53.5 Å². The average molecular weight is 372 g/mol. The molecule has 0 radical (unpaired) electrons. The van der Waals surface area contributed by atoms with Gasteiger partial charge in [0.25, 0.3) is 0 Å². The van der Waals surface area contributed by atoms with Gasteiger partial charge in [0.05, 0.1) is 6.42 Å². The van der Waals surface area contributed by atoms with Gasteiger partial charge in [0.15, 0.2) is 5.82 Å². The molecule has 3 unspecified atom stereocenters. The van der Waals surface area contributed by atoms with Crippen molar-refractivity contribution < 1.29 is 9.59 Å². The third kappa shape index (κ3) is 2.76. The molecule has 4 rings (SSSR count). The highest BCUT2D eigenvalue weighted by atomic mass is 32.2. The third-order valence-electron chi connectivity index (χ3n) is 4.85. The van der Waals surface area contributed by atoms with Gasteiger partial charge in [-0.25, -0.2) is 0 Å². The lowest BCUT2D eigenvalue weighted by molar-refractivity contribution is -0.151. The van der Waals surface area contributed by atoms with Gasteiger partial charge in [0.2, 0.25) is 11.8 Å². The molecule has 1 aromatic heterocycles. The molecule has 2 saturated heterocycles. The van der Waals surface area contributed by atoms with Crippen molar-refractivity contribution in [1.29, 1.82) is 0 Å². The maximum atomic E-state index is 12.7. The smallest absolute Gasteiger partial charge is 0.249 e. The Morgan fingerprint density at radius 1 is 1.35 bits per heavy atom. The highest BCUT2D eigenvalue weighted by Gasteiger charge is 2.63. The van der Waals surface area contributed by atoms with Crippen LogP contribution in [0.2, 0.25) is 0 Å². The lowest BCUT2D eigenvalue weighted by Gasteiger charge is -2.44. The summed E-state index contributed by atoms with van der Waals surface area (Å²) in [5.41, 5.74) is 2.08. The number of hydrogen-bond donors (Lipinski definition) is 2. The summed E-state index contributed by atoms with van der Waals surface area (Å²) >= 11 is 1.65. The van der Waals surface area contributed by atoms with Crippen LogP contribution in [0.5, 0.6) is 0 Å². The number of carbonyl (C=O) groups is 2. The Morgan fingerprint density at radius 2 is 2.08 bits per heavy atom. The maximum absolute atomic E-state index is 12.7. The van der Waals surface area contributed by atoms with Crippen molar-refractivity contribution in [3.8, 4) is 0 Å². The average Bonchev–Trinajstić information content (AvgIpc) is 3.19. The predicted octanol–water partition coefficient (Wildman–Crippen LogP) is 0.970. The van der Waals surface area contributed by atoms with Crippen molar-refractivity contribution in [2.45, 2.75) is 49.4 Å². The second-order valence-corrected chi connectivity index (χ2v) is 9.01. The number of thioether (sulfide) groups is 1. The Hall–Kier alpha value is -2.42. The van der Waals surface area contributed by atoms with Crippen LogP contribution in [0, 0.1) is 6.92 Å². The van der Waals surface area contributed by atoms with Crippen LogP contribution in [0.25, 0.3) is 0 Å². The molecule has 2 aromatic rings. The van der Waals surface area contributed by atoms with E-state index in [-0.39, 0.29) is 34.4 Å². The normalized spacial score (nSPS) is 26.3. The summed E-state index contributed by atoms with van der Waals surface area (Å²) in [5, 5.41) is 16.9. The minimum atomic E-state index is -0.505. The molecule has 3 atom stereocenters. The standard InChI is InChI=1S/C17H20N6O2S/c1-9-4-6-10(7-5-9)8-11(24)18-12-15(25)23-13(14-19-21-22-20-14)17(2,3)26-16(12)23/h4-7,12-13,16H,8H2,1-3H3,(H,18,24)(H,19,20,21,22). The molecule has 2 N–H and O–H groups in total.